The van der Waals surface area contributed by atoms with Crippen LogP contribution in [0.4, 0.5) is 11.4 Å². The van der Waals surface area contributed by atoms with E-state index in [0.717, 1.165) is 55.7 Å². The molecular weight excluding hydrogens is 701 g/mol. The standard InChI is InChI=1S/C39H46N4O7S2/c1-3-41-31(25-30-26-33(52(48,49)50)17-18-35(30)41)13-6-4-7-14-32-24-29-12-9-10-15-34(29)42(32)21-11-5-8-16-37(45)40-20-22-43-38(46)27-36(39(43)47)51-23-19-28(2)44/h4,6-7,9-10,12-15,17-18,26,36H,3,5,8,11,16,19-25,27H2,1-2H3,(H-,40,45,48,49,50)/p+1. The van der Waals surface area contributed by atoms with E-state index in [-0.39, 0.29) is 47.9 Å². The molecule has 2 aromatic rings. The number of fused-ring (bicyclic) bond motifs is 2. The Morgan fingerprint density at radius 1 is 1.00 bits per heavy atom. The van der Waals surface area contributed by atoms with E-state index >= 15 is 0 Å². The van der Waals surface area contributed by atoms with Crippen molar-refractivity contribution in [1.82, 2.24) is 10.2 Å². The summed E-state index contributed by atoms with van der Waals surface area (Å²) in [5, 5.41) is 2.39. The largest absolute Gasteiger partial charge is 0.354 e. The Hall–Kier alpha value is -4.33. The van der Waals surface area contributed by atoms with Crippen LogP contribution in [-0.4, -0.2) is 88.8 Å². The van der Waals surface area contributed by atoms with E-state index in [0.29, 0.717) is 25.0 Å². The van der Waals surface area contributed by atoms with Gasteiger partial charge in [-0.2, -0.15) is 13.0 Å². The Kier molecular flexibility index (Phi) is 13.4. The smallest absolute Gasteiger partial charge is 0.294 e. The number of ketones is 1. The number of unbranched alkanes of at least 4 members (excludes halogenated alkanes) is 2. The van der Waals surface area contributed by atoms with Gasteiger partial charge < -0.3 is 10.2 Å². The van der Waals surface area contributed by atoms with Gasteiger partial charge in [-0.1, -0.05) is 36.4 Å². The molecule has 276 valence electrons. The molecule has 5 rings (SSSR count). The second kappa shape index (κ2) is 17.9. The third-order valence-electron chi connectivity index (χ3n) is 9.39. The highest BCUT2D eigenvalue weighted by Gasteiger charge is 2.38. The van der Waals surface area contributed by atoms with Gasteiger partial charge in [-0.3, -0.25) is 28.6 Å². The zero-order valence-corrected chi connectivity index (χ0v) is 31.4. The van der Waals surface area contributed by atoms with E-state index in [1.165, 1.54) is 52.7 Å². The van der Waals surface area contributed by atoms with Crippen molar-refractivity contribution >= 4 is 62.5 Å². The molecule has 1 unspecified atom stereocenters. The third kappa shape index (κ3) is 9.96. The number of anilines is 1. The van der Waals surface area contributed by atoms with Gasteiger partial charge in [-0.05, 0) is 56.5 Å². The van der Waals surface area contributed by atoms with Gasteiger partial charge >= 0.3 is 0 Å². The topological polar surface area (TPSA) is 144 Å². The number of rotatable bonds is 18. The van der Waals surface area contributed by atoms with Crippen LogP contribution in [0.1, 0.15) is 63.5 Å². The monoisotopic (exact) mass is 747 g/mol. The van der Waals surface area contributed by atoms with Crippen LogP contribution in [0.2, 0.25) is 0 Å². The maximum atomic E-state index is 12.6. The van der Waals surface area contributed by atoms with Gasteiger partial charge in [0.25, 0.3) is 10.1 Å². The summed E-state index contributed by atoms with van der Waals surface area (Å²) in [6, 6.07) is 13.1. The number of nitrogens with one attached hydrogen (secondary N) is 1. The van der Waals surface area contributed by atoms with Crippen molar-refractivity contribution < 1.29 is 36.7 Å². The molecule has 0 aliphatic carbocycles. The number of thioether (sulfide) groups is 1. The molecule has 2 aromatic carbocycles. The highest BCUT2D eigenvalue weighted by atomic mass is 32.2. The van der Waals surface area contributed by atoms with E-state index in [9.17, 15) is 32.1 Å². The van der Waals surface area contributed by atoms with Crippen LogP contribution in [0, 0.1) is 0 Å². The van der Waals surface area contributed by atoms with Crippen molar-refractivity contribution in [2.24, 2.45) is 0 Å². The molecule has 1 saturated heterocycles. The van der Waals surface area contributed by atoms with Gasteiger partial charge in [0.15, 0.2) is 5.71 Å². The molecule has 0 aromatic heterocycles. The first-order valence-corrected chi connectivity index (χ1v) is 20.3. The summed E-state index contributed by atoms with van der Waals surface area (Å²) in [6.07, 6.45) is 15.0. The fraction of sp³-hybridized carbons (Fsp3) is 0.410. The number of para-hydroxylation sites is 1. The second-order valence-electron chi connectivity index (χ2n) is 13.1. The van der Waals surface area contributed by atoms with Crippen LogP contribution >= 0.6 is 11.8 Å². The highest BCUT2D eigenvalue weighted by Crippen LogP contribution is 2.36. The highest BCUT2D eigenvalue weighted by molar-refractivity contribution is 8.00. The number of carbonyl (C=O) groups is 4. The number of benzene rings is 2. The van der Waals surface area contributed by atoms with Crippen LogP contribution in [0.25, 0.3) is 0 Å². The quantitative estimate of drug-likeness (QED) is 0.0694. The number of amides is 3. The molecule has 0 spiro atoms. The van der Waals surface area contributed by atoms with Crippen LogP contribution in [-0.2, 0) is 42.1 Å². The predicted molar refractivity (Wildman–Crippen MR) is 204 cm³/mol. The Bertz CT molecular complexity index is 1930. The summed E-state index contributed by atoms with van der Waals surface area (Å²) in [7, 11) is -4.26. The van der Waals surface area contributed by atoms with E-state index < -0.39 is 15.4 Å². The van der Waals surface area contributed by atoms with Crippen LogP contribution in [0.5, 0.6) is 0 Å². The summed E-state index contributed by atoms with van der Waals surface area (Å²) >= 11 is 1.34. The van der Waals surface area contributed by atoms with Crippen molar-refractivity contribution in [3.63, 3.8) is 0 Å². The number of likely N-dealkylation sites (N-methyl/N-ethyl adjacent to an activating group) is 1. The zero-order chi connectivity index (χ0) is 37.3. The number of likely N-dealkylation sites (tertiary alicyclic amines) is 1. The van der Waals surface area contributed by atoms with Gasteiger partial charge in [-0.25, -0.2) is 0 Å². The molecule has 1 fully saturated rings. The number of nitrogens with zero attached hydrogens (tertiary/aromatic N) is 3. The van der Waals surface area contributed by atoms with E-state index in [2.05, 4.69) is 39.1 Å². The number of imide groups is 1. The van der Waals surface area contributed by atoms with Crippen LogP contribution in [0.15, 0.2) is 83.4 Å². The number of hydrogen-bond donors (Lipinski definition) is 2. The van der Waals surface area contributed by atoms with Gasteiger partial charge in [0, 0.05) is 86.6 Å². The first-order chi connectivity index (χ1) is 25.0. The normalized spacial score (nSPS) is 18.1. The summed E-state index contributed by atoms with van der Waals surface area (Å²) in [4.78, 5) is 51.8. The van der Waals surface area contributed by atoms with Gasteiger partial charge in [0.1, 0.15) is 12.3 Å². The molecule has 3 aliphatic rings. The lowest BCUT2D eigenvalue weighted by atomic mass is 10.1. The molecule has 2 N–H and O–H groups in total. The molecule has 11 nitrogen and oxygen atoms in total. The van der Waals surface area contributed by atoms with Crippen molar-refractivity contribution in [3.05, 3.63) is 89.7 Å². The van der Waals surface area contributed by atoms with Crippen molar-refractivity contribution in [1.29, 1.82) is 0 Å². The average Bonchev–Trinajstić information content (AvgIpc) is 3.73. The summed E-state index contributed by atoms with van der Waals surface area (Å²) < 4.78 is 35.0. The molecular formula is C39H47N4O7S2+. The average molecular weight is 748 g/mol. The van der Waals surface area contributed by atoms with Crippen molar-refractivity contribution in [2.75, 3.05) is 36.8 Å². The van der Waals surface area contributed by atoms with E-state index in [1.54, 1.807) is 6.07 Å². The zero-order valence-electron chi connectivity index (χ0n) is 29.8. The maximum Gasteiger partial charge on any atom is 0.294 e. The molecule has 3 aliphatic heterocycles. The summed E-state index contributed by atoms with van der Waals surface area (Å²) in [6.45, 7) is 5.50. The lowest BCUT2D eigenvalue weighted by Gasteiger charge is -2.19. The number of allylic oxidation sites excluding steroid dienone is 6. The molecule has 0 saturated carbocycles. The van der Waals surface area contributed by atoms with Crippen LogP contribution < -0.4 is 10.2 Å². The number of hydrogen-bond acceptors (Lipinski definition) is 8. The minimum Gasteiger partial charge on any atom is -0.354 e. The first kappa shape index (κ1) is 38.9. The molecule has 3 amide bonds. The third-order valence-corrected chi connectivity index (χ3v) is 11.5. The molecule has 0 bridgehead atoms. The number of Topliss-reactive ketones (excluding diaryl/α,β-unsaturated/α-hetero) is 1. The Labute approximate surface area is 310 Å². The lowest BCUT2D eigenvalue weighted by molar-refractivity contribution is -0.437. The van der Waals surface area contributed by atoms with Crippen molar-refractivity contribution in [2.45, 2.75) is 75.4 Å². The van der Waals surface area contributed by atoms with Gasteiger partial charge in [0.05, 0.1) is 16.6 Å². The SMILES string of the molecule is CCN1C(=CC=CC=CC2=[N+](CCCCCC(=O)NCCN3C(=O)CC(SCCC(C)=O)C3=O)c3ccccc3C2)Cc2cc(S(=O)(=O)O)ccc21. The fourth-order valence-corrected chi connectivity index (χ4v) is 8.52. The molecule has 1 atom stereocenters. The maximum absolute atomic E-state index is 12.6. The molecule has 52 heavy (non-hydrogen) atoms. The van der Waals surface area contributed by atoms with Gasteiger partial charge in [-0.15, -0.1) is 11.8 Å². The first-order valence-electron chi connectivity index (χ1n) is 17.8. The predicted octanol–water partition coefficient (Wildman–Crippen LogP) is 5.17. The van der Waals surface area contributed by atoms with Crippen LogP contribution in [0.3, 0.4) is 0 Å². The van der Waals surface area contributed by atoms with E-state index in [4.69, 9.17) is 0 Å². The Morgan fingerprint density at radius 2 is 1.81 bits per heavy atom. The fourth-order valence-electron chi connectivity index (χ4n) is 6.76. The Balaban J connectivity index is 1.07. The van der Waals surface area contributed by atoms with Gasteiger partial charge in [0.2, 0.25) is 23.4 Å². The molecule has 0 radical (unpaired) electrons. The Morgan fingerprint density at radius 3 is 2.58 bits per heavy atom. The summed E-state index contributed by atoms with van der Waals surface area (Å²) in [5.41, 5.74) is 6.53. The number of carbonyl (C=O) groups excluding carboxylic acids is 4. The van der Waals surface area contributed by atoms with E-state index in [1.807, 2.05) is 37.3 Å². The minimum absolute atomic E-state index is 0.0570. The minimum atomic E-state index is -4.26. The van der Waals surface area contributed by atoms with Crippen molar-refractivity contribution in [3.8, 4) is 0 Å². The molecule has 3 heterocycles. The molecule has 13 heteroatoms. The second-order valence-corrected chi connectivity index (χ2v) is 15.8. The lowest BCUT2D eigenvalue weighted by Crippen LogP contribution is -2.38. The summed E-state index contributed by atoms with van der Waals surface area (Å²) in [5.74, 6) is 0.00435.